The molecule has 6 nitrogen and oxygen atoms in total. The van der Waals surface area contributed by atoms with Gasteiger partial charge in [-0.05, 0) is 43.4 Å². The molecule has 0 saturated carbocycles. The van der Waals surface area contributed by atoms with Gasteiger partial charge in [0.05, 0.1) is 12.0 Å². The minimum absolute atomic E-state index is 0.161. The smallest absolute Gasteiger partial charge is 0.244 e. The molecule has 0 radical (unpaired) electrons. The van der Waals surface area contributed by atoms with Gasteiger partial charge in [-0.3, -0.25) is 4.79 Å². The summed E-state index contributed by atoms with van der Waals surface area (Å²) in [6, 6.07) is 13.7. The lowest BCUT2D eigenvalue weighted by Gasteiger charge is -2.30. The number of nitrogens with zero attached hydrogens (tertiary/aromatic N) is 1. The van der Waals surface area contributed by atoms with Crippen LogP contribution in [-0.2, 0) is 14.8 Å². The Labute approximate surface area is 172 Å². The van der Waals surface area contributed by atoms with Crippen molar-refractivity contribution in [3.63, 3.8) is 0 Å². The van der Waals surface area contributed by atoms with Gasteiger partial charge < -0.3 is 10.1 Å². The number of amides is 1. The topological polar surface area (TPSA) is 75.7 Å². The van der Waals surface area contributed by atoms with Crippen LogP contribution < -0.4 is 10.1 Å². The number of carbonyl (C=O) groups is 1. The number of hydrogen-bond donors (Lipinski definition) is 1. The minimum atomic E-state index is -3.93. The van der Waals surface area contributed by atoms with E-state index in [0.29, 0.717) is 30.7 Å². The molecule has 0 bridgehead atoms. The summed E-state index contributed by atoms with van der Waals surface area (Å²) < 4.78 is 34.5. The van der Waals surface area contributed by atoms with Crippen molar-refractivity contribution >= 4 is 15.9 Å². The molecule has 1 amide bonds. The third-order valence-corrected chi connectivity index (χ3v) is 7.11. The van der Waals surface area contributed by atoms with E-state index in [4.69, 9.17) is 4.74 Å². The zero-order valence-corrected chi connectivity index (χ0v) is 17.7. The van der Waals surface area contributed by atoms with Crippen molar-refractivity contribution in [1.29, 1.82) is 0 Å². The van der Waals surface area contributed by atoms with E-state index in [1.54, 1.807) is 18.2 Å². The highest BCUT2D eigenvalue weighted by atomic mass is 32.2. The van der Waals surface area contributed by atoms with E-state index in [0.717, 1.165) is 18.4 Å². The third-order valence-electron chi connectivity index (χ3n) is 5.15. The van der Waals surface area contributed by atoms with Crippen molar-refractivity contribution in [2.45, 2.75) is 43.5 Å². The quantitative estimate of drug-likeness (QED) is 0.750. The largest absolute Gasteiger partial charge is 0.496 e. The van der Waals surface area contributed by atoms with Gasteiger partial charge in [-0.2, -0.15) is 4.31 Å². The summed E-state index contributed by atoms with van der Waals surface area (Å²) >= 11 is 0. The van der Waals surface area contributed by atoms with E-state index in [1.165, 1.54) is 11.4 Å². The summed E-state index contributed by atoms with van der Waals surface area (Å²) in [6.45, 7) is 2.79. The van der Waals surface area contributed by atoms with Gasteiger partial charge in [-0.15, -0.1) is 0 Å². The Morgan fingerprint density at radius 1 is 1.10 bits per heavy atom. The van der Waals surface area contributed by atoms with Gasteiger partial charge in [0.1, 0.15) is 11.8 Å². The van der Waals surface area contributed by atoms with E-state index in [9.17, 15) is 13.2 Å². The summed E-state index contributed by atoms with van der Waals surface area (Å²) in [4.78, 5) is 12.8. The SMILES string of the molecule is CCCN([C@@H]1CCCCNC1=O)S(=O)(=O)c1cccc(OC)c1-c1ccccc1. The molecule has 7 heteroatoms. The van der Waals surface area contributed by atoms with Gasteiger partial charge in [0.2, 0.25) is 15.9 Å². The first-order valence-corrected chi connectivity index (χ1v) is 11.5. The molecule has 0 unspecified atom stereocenters. The molecule has 1 fully saturated rings. The maximum Gasteiger partial charge on any atom is 0.244 e. The summed E-state index contributed by atoms with van der Waals surface area (Å²) in [5.41, 5.74) is 1.27. The van der Waals surface area contributed by atoms with Crippen LogP contribution in [0.1, 0.15) is 32.6 Å². The van der Waals surface area contributed by atoms with Gasteiger partial charge in [-0.25, -0.2) is 8.42 Å². The molecule has 0 aliphatic carbocycles. The van der Waals surface area contributed by atoms with Crippen molar-refractivity contribution < 1.29 is 17.9 Å². The van der Waals surface area contributed by atoms with Crippen molar-refractivity contribution in [3.05, 3.63) is 48.5 Å². The number of sulfonamides is 1. The van der Waals surface area contributed by atoms with E-state index in [2.05, 4.69) is 5.32 Å². The monoisotopic (exact) mass is 416 g/mol. The maximum atomic E-state index is 13.8. The molecule has 1 atom stereocenters. The molecule has 2 aromatic carbocycles. The molecule has 1 saturated heterocycles. The molecule has 0 aromatic heterocycles. The van der Waals surface area contributed by atoms with E-state index < -0.39 is 16.1 Å². The van der Waals surface area contributed by atoms with E-state index in [-0.39, 0.29) is 17.3 Å². The first-order chi connectivity index (χ1) is 14.0. The van der Waals surface area contributed by atoms with Gasteiger partial charge >= 0.3 is 0 Å². The lowest BCUT2D eigenvalue weighted by molar-refractivity contribution is -0.124. The van der Waals surface area contributed by atoms with Gasteiger partial charge in [0.15, 0.2) is 0 Å². The molecular formula is C22H28N2O4S. The Bertz CT molecular complexity index is 945. The fourth-order valence-electron chi connectivity index (χ4n) is 3.77. The summed E-state index contributed by atoms with van der Waals surface area (Å²) in [7, 11) is -2.40. The lowest BCUT2D eigenvalue weighted by Crippen LogP contribution is -2.49. The second kappa shape index (κ2) is 9.41. The predicted molar refractivity (Wildman–Crippen MR) is 113 cm³/mol. The van der Waals surface area contributed by atoms with Crippen LogP contribution in [0, 0.1) is 0 Å². The van der Waals surface area contributed by atoms with Gasteiger partial charge in [-0.1, -0.05) is 43.3 Å². The van der Waals surface area contributed by atoms with Gasteiger partial charge in [0.25, 0.3) is 0 Å². The number of nitrogens with one attached hydrogen (secondary N) is 1. The van der Waals surface area contributed by atoms with E-state index >= 15 is 0 Å². The fourth-order valence-corrected chi connectivity index (χ4v) is 5.71. The molecule has 1 aliphatic heterocycles. The highest BCUT2D eigenvalue weighted by Gasteiger charge is 2.37. The number of hydrogen-bond acceptors (Lipinski definition) is 4. The van der Waals surface area contributed by atoms with Crippen LogP contribution >= 0.6 is 0 Å². The molecule has 29 heavy (non-hydrogen) atoms. The Balaban J connectivity index is 2.15. The second-order valence-electron chi connectivity index (χ2n) is 7.12. The number of ether oxygens (including phenoxy) is 1. The average molecular weight is 417 g/mol. The Hall–Kier alpha value is -2.38. The van der Waals surface area contributed by atoms with Crippen molar-refractivity contribution in [1.82, 2.24) is 9.62 Å². The Morgan fingerprint density at radius 3 is 2.55 bits per heavy atom. The van der Waals surface area contributed by atoms with Crippen LogP contribution in [0.15, 0.2) is 53.4 Å². The van der Waals surface area contributed by atoms with Crippen LogP contribution in [0.5, 0.6) is 5.75 Å². The van der Waals surface area contributed by atoms with Crippen molar-refractivity contribution in [2.75, 3.05) is 20.2 Å². The zero-order chi connectivity index (χ0) is 20.9. The molecule has 1 N–H and O–H groups in total. The molecule has 2 aromatic rings. The lowest BCUT2D eigenvalue weighted by atomic mass is 10.0. The van der Waals surface area contributed by atoms with Crippen LogP contribution in [0.4, 0.5) is 0 Å². The van der Waals surface area contributed by atoms with Crippen LogP contribution in [-0.4, -0.2) is 44.9 Å². The summed E-state index contributed by atoms with van der Waals surface area (Å²) in [6.07, 6.45) is 2.81. The minimum Gasteiger partial charge on any atom is -0.496 e. The standard InChI is InChI=1S/C22H28N2O4S/c1-3-16-24(18-12-7-8-15-23-22(18)25)29(26,27)20-14-9-13-19(28-2)21(20)17-10-5-4-6-11-17/h4-6,9-11,13-14,18H,3,7-8,12,15-16H2,1-2H3,(H,23,25)/t18-/m1/s1. The molecular weight excluding hydrogens is 388 g/mol. The number of carbonyl (C=O) groups excluding carboxylic acids is 1. The summed E-state index contributed by atoms with van der Waals surface area (Å²) in [5, 5.41) is 2.86. The molecule has 156 valence electrons. The Kier molecular flexibility index (Phi) is 6.92. The fraction of sp³-hybridized carbons (Fsp3) is 0.409. The highest BCUT2D eigenvalue weighted by molar-refractivity contribution is 7.89. The third kappa shape index (κ3) is 4.46. The van der Waals surface area contributed by atoms with Gasteiger partial charge in [0, 0.05) is 18.7 Å². The first-order valence-electron chi connectivity index (χ1n) is 10.0. The molecule has 1 aliphatic rings. The van der Waals surface area contributed by atoms with E-state index in [1.807, 2.05) is 37.3 Å². The Morgan fingerprint density at radius 2 is 1.86 bits per heavy atom. The molecule has 1 heterocycles. The molecule has 3 rings (SSSR count). The van der Waals surface area contributed by atoms with Crippen LogP contribution in [0.25, 0.3) is 11.1 Å². The summed E-state index contributed by atoms with van der Waals surface area (Å²) in [5.74, 6) is 0.266. The van der Waals surface area contributed by atoms with Crippen molar-refractivity contribution in [2.24, 2.45) is 0 Å². The van der Waals surface area contributed by atoms with Crippen LogP contribution in [0.2, 0.25) is 0 Å². The second-order valence-corrected chi connectivity index (χ2v) is 8.98. The highest BCUT2D eigenvalue weighted by Crippen LogP contribution is 2.38. The normalized spacial score (nSPS) is 17.6. The number of rotatable bonds is 7. The number of methoxy groups -OCH3 is 1. The zero-order valence-electron chi connectivity index (χ0n) is 16.9. The number of benzene rings is 2. The molecule has 0 spiro atoms. The first kappa shape index (κ1) is 21.3. The van der Waals surface area contributed by atoms with Crippen molar-refractivity contribution in [3.8, 4) is 16.9 Å². The maximum absolute atomic E-state index is 13.8. The average Bonchev–Trinajstić information content (AvgIpc) is 2.96. The predicted octanol–water partition coefficient (Wildman–Crippen LogP) is 3.43. The van der Waals surface area contributed by atoms with Crippen LogP contribution in [0.3, 0.4) is 0 Å².